The fraction of sp³-hybridized carbons (Fsp3) is 0.318. The highest BCUT2D eigenvalue weighted by Crippen LogP contribution is 2.30. The highest BCUT2D eigenvalue weighted by atomic mass is 32.2. The Bertz CT molecular complexity index is 1210. The third kappa shape index (κ3) is 4.71. The average molecular weight is 475 g/mol. The van der Waals surface area contributed by atoms with E-state index in [1.54, 1.807) is 27.7 Å². The van der Waals surface area contributed by atoms with Crippen LogP contribution in [-0.4, -0.2) is 63.8 Å². The van der Waals surface area contributed by atoms with Crippen molar-refractivity contribution >= 4 is 27.5 Å². The van der Waals surface area contributed by atoms with Gasteiger partial charge in [0.15, 0.2) is 20.8 Å². The normalized spacial score (nSPS) is 17.4. The van der Waals surface area contributed by atoms with Gasteiger partial charge in [0, 0.05) is 18.3 Å². The third-order valence-corrected chi connectivity index (χ3v) is 8.06. The maximum atomic E-state index is 14.5. The van der Waals surface area contributed by atoms with E-state index < -0.39 is 15.7 Å². The van der Waals surface area contributed by atoms with Gasteiger partial charge in [0.1, 0.15) is 5.82 Å². The van der Waals surface area contributed by atoms with Crippen molar-refractivity contribution in [1.29, 1.82) is 0 Å². The zero-order valence-corrected chi connectivity index (χ0v) is 19.2. The molecule has 7 nitrogen and oxygen atoms in total. The summed E-state index contributed by atoms with van der Waals surface area (Å²) in [6.45, 7) is 2.28. The van der Waals surface area contributed by atoms with Gasteiger partial charge in [0.05, 0.1) is 22.8 Å². The number of thioether (sulfide) groups is 1. The van der Waals surface area contributed by atoms with Crippen LogP contribution < -0.4 is 0 Å². The molecule has 1 fully saturated rings. The highest BCUT2D eigenvalue weighted by molar-refractivity contribution is 7.99. The van der Waals surface area contributed by atoms with Crippen LogP contribution in [-0.2, 0) is 14.6 Å². The second-order valence-corrected chi connectivity index (χ2v) is 10.7. The number of para-hydroxylation sites is 1. The molecule has 1 aromatic heterocycles. The molecule has 1 amide bonds. The number of sulfone groups is 1. The number of hydrogen-bond acceptors (Lipinski definition) is 6. The summed E-state index contributed by atoms with van der Waals surface area (Å²) >= 11 is 1.20. The standard InChI is InChI=1S/C22H23FN4O3S2/c1-2-26(17-12-13-32(29,30)15-17)20(28)14-31-22-25-24-21(18-10-6-7-11-19(18)23)27(22)16-8-4-3-5-9-16/h3-11,17H,2,12-15H2,1H3/t17-/m0/s1. The molecule has 168 valence electrons. The van der Waals surface area contributed by atoms with Gasteiger partial charge in [-0.1, -0.05) is 42.1 Å². The first-order valence-corrected chi connectivity index (χ1v) is 13.1. The highest BCUT2D eigenvalue weighted by Gasteiger charge is 2.34. The van der Waals surface area contributed by atoms with Crippen LogP contribution in [0.2, 0.25) is 0 Å². The van der Waals surface area contributed by atoms with Gasteiger partial charge in [-0.15, -0.1) is 10.2 Å². The molecule has 0 bridgehead atoms. The molecule has 0 unspecified atom stereocenters. The molecule has 2 heterocycles. The average Bonchev–Trinajstić information content (AvgIpc) is 3.36. The summed E-state index contributed by atoms with van der Waals surface area (Å²) in [5, 5.41) is 8.90. The number of amides is 1. The molecule has 32 heavy (non-hydrogen) atoms. The van der Waals surface area contributed by atoms with E-state index in [4.69, 9.17) is 0 Å². The van der Waals surface area contributed by atoms with Gasteiger partial charge in [-0.25, -0.2) is 12.8 Å². The van der Waals surface area contributed by atoms with Crippen molar-refractivity contribution in [3.8, 4) is 17.1 Å². The molecule has 10 heteroatoms. The van der Waals surface area contributed by atoms with Gasteiger partial charge in [-0.2, -0.15) is 0 Å². The Labute approximate surface area is 190 Å². The van der Waals surface area contributed by atoms with Crippen molar-refractivity contribution in [3.63, 3.8) is 0 Å². The summed E-state index contributed by atoms with van der Waals surface area (Å²) in [7, 11) is -3.09. The lowest BCUT2D eigenvalue weighted by atomic mass is 10.2. The SMILES string of the molecule is CCN(C(=O)CSc1nnc(-c2ccccc2F)n1-c1ccccc1)[C@H]1CCS(=O)(=O)C1. The molecule has 3 aromatic rings. The number of halogens is 1. The quantitative estimate of drug-likeness (QED) is 0.489. The van der Waals surface area contributed by atoms with E-state index in [1.165, 1.54) is 17.8 Å². The van der Waals surface area contributed by atoms with Crippen LogP contribution in [0.3, 0.4) is 0 Å². The van der Waals surface area contributed by atoms with Gasteiger partial charge >= 0.3 is 0 Å². The largest absolute Gasteiger partial charge is 0.338 e. The number of nitrogens with zero attached hydrogens (tertiary/aromatic N) is 4. The Morgan fingerprint density at radius 2 is 1.88 bits per heavy atom. The van der Waals surface area contributed by atoms with Crippen LogP contribution in [0.5, 0.6) is 0 Å². The summed E-state index contributed by atoms with van der Waals surface area (Å²) in [5.41, 5.74) is 1.06. The van der Waals surface area contributed by atoms with Crippen molar-refractivity contribution in [2.24, 2.45) is 0 Å². The summed E-state index contributed by atoms with van der Waals surface area (Å²) in [4.78, 5) is 14.5. The molecule has 0 saturated carbocycles. The van der Waals surface area contributed by atoms with E-state index in [1.807, 2.05) is 37.3 Å². The fourth-order valence-electron chi connectivity index (χ4n) is 3.86. The molecule has 0 N–H and O–H groups in total. The fourth-order valence-corrected chi connectivity index (χ4v) is 6.43. The van der Waals surface area contributed by atoms with Crippen LogP contribution in [0.25, 0.3) is 17.1 Å². The maximum Gasteiger partial charge on any atom is 0.233 e. The van der Waals surface area contributed by atoms with Crippen LogP contribution in [0, 0.1) is 5.82 Å². The van der Waals surface area contributed by atoms with Gasteiger partial charge in [-0.3, -0.25) is 9.36 Å². The minimum absolute atomic E-state index is 0.00881. The summed E-state index contributed by atoms with van der Waals surface area (Å²) < 4.78 is 39.9. The smallest absolute Gasteiger partial charge is 0.233 e. The molecule has 4 rings (SSSR count). The first kappa shape index (κ1) is 22.5. The molecule has 2 aromatic carbocycles. The van der Waals surface area contributed by atoms with Crippen molar-refractivity contribution in [1.82, 2.24) is 19.7 Å². The predicted molar refractivity (Wildman–Crippen MR) is 122 cm³/mol. The zero-order chi connectivity index (χ0) is 22.7. The molecular formula is C22H23FN4O3S2. The lowest BCUT2D eigenvalue weighted by Crippen LogP contribution is -2.42. The molecule has 1 aliphatic heterocycles. The number of rotatable bonds is 7. The first-order chi connectivity index (χ1) is 15.4. The van der Waals surface area contributed by atoms with Crippen molar-refractivity contribution < 1.29 is 17.6 Å². The van der Waals surface area contributed by atoms with Crippen LogP contribution in [0.15, 0.2) is 59.8 Å². The number of carbonyl (C=O) groups is 1. The van der Waals surface area contributed by atoms with E-state index in [9.17, 15) is 17.6 Å². The van der Waals surface area contributed by atoms with Crippen LogP contribution in [0.1, 0.15) is 13.3 Å². The Balaban J connectivity index is 1.60. The van der Waals surface area contributed by atoms with Crippen molar-refractivity contribution in [3.05, 3.63) is 60.4 Å². The first-order valence-electron chi connectivity index (χ1n) is 10.3. The molecule has 1 atom stereocenters. The van der Waals surface area contributed by atoms with Gasteiger partial charge in [0.2, 0.25) is 5.91 Å². The third-order valence-electron chi connectivity index (χ3n) is 5.40. The summed E-state index contributed by atoms with van der Waals surface area (Å²) in [5.74, 6) is -0.0258. The molecular weight excluding hydrogens is 451 g/mol. The molecule has 0 spiro atoms. The number of aromatic nitrogens is 3. The number of hydrogen-bond donors (Lipinski definition) is 0. The number of benzene rings is 2. The Kier molecular flexibility index (Phi) is 6.61. The Hall–Kier alpha value is -2.72. The predicted octanol–water partition coefficient (Wildman–Crippen LogP) is 3.20. The molecule has 1 saturated heterocycles. The lowest BCUT2D eigenvalue weighted by molar-refractivity contribution is -0.129. The van der Waals surface area contributed by atoms with Crippen molar-refractivity contribution in [2.75, 3.05) is 23.8 Å². The van der Waals surface area contributed by atoms with Gasteiger partial charge in [-0.05, 0) is 37.6 Å². The minimum Gasteiger partial charge on any atom is -0.338 e. The van der Waals surface area contributed by atoms with Crippen molar-refractivity contribution in [2.45, 2.75) is 24.5 Å². The number of carbonyl (C=O) groups excluding carboxylic acids is 1. The van der Waals surface area contributed by atoms with E-state index in [0.29, 0.717) is 29.5 Å². The Morgan fingerprint density at radius 3 is 2.53 bits per heavy atom. The van der Waals surface area contributed by atoms with Gasteiger partial charge < -0.3 is 4.90 Å². The van der Waals surface area contributed by atoms with E-state index in [2.05, 4.69) is 10.2 Å². The zero-order valence-electron chi connectivity index (χ0n) is 17.5. The monoisotopic (exact) mass is 474 g/mol. The second kappa shape index (κ2) is 9.41. The molecule has 1 aliphatic rings. The minimum atomic E-state index is -3.09. The summed E-state index contributed by atoms with van der Waals surface area (Å²) in [6, 6.07) is 15.4. The molecule has 0 aliphatic carbocycles. The topological polar surface area (TPSA) is 85.2 Å². The molecule has 0 radical (unpaired) electrons. The van der Waals surface area contributed by atoms with E-state index >= 15 is 0 Å². The second-order valence-electron chi connectivity index (χ2n) is 7.48. The maximum absolute atomic E-state index is 14.5. The van der Waals surface area contributed by atoms with E-state index in [-0.39, 0.29) is 29.2 Å². The van der Waals surface area contributed by atoms with Crippen LogP contribution >= 0.6 is 11.8 Å². The van der Waals surface area contributed by atoms with E-state index in [0.717, 1.165) is 5.69 Å². The Morgan fingerprint density at radius 1 is 1.16 bits per heavy atom. The lowest BCUT2D eigenvalue weighted by Gasteiger charge is -2.26. The van der Waals surface area contributed by atoms with Crippen LogP contribution in [0.4, 0.5) is 4.39 Å². The van der Waals surface area contributed by atoms with Gasteiger partial charge in [0.25, 0.3) is 0 Å². The summed E-state index contributed by atoms with van der Waals surface area (Å²) in [6.07, 6.45) is 0.463.